The zero-order valence-corrected chi connectivity index (χ0v) is 17.5. The summed E-state index contributed by atoms with van der Waals surface area (Å²) in [6.45, 7) is 3.01. The van der Waals surface area contributed by atoms with Gasteiger partial charge < -0.3 is 10.1 Å². The van der Waals surface area contributed by atoms with E-state index in [0.29, 0.717) is 30.1 Å². The van der Waals surface area contributed by atoms with E-state index in [4.69, 9.17) is 4.74 Å². The molecule has 0 unspecified atom stereocenters. The van der Waals surface area contributed by atoms with Gasteiger partial charge in [-0.3, -0.25) is 4.79 Å². The first-order valence-electron chi connectivity index (χ1n) is 9.64. The number of hydrogen-bond acceptors (Lipinski definition) is 4. The number of anilines is 1. The van der Waals surface area contributed by atoms with Crippen LogP contribution in [-0.2, 0) is 14.8 Å². The van der Waals surface area contributed by atoms with Crippen molar-refractivity contribution >= 4 is 27.7 Å². The Labute approximate surface area is 172 Å². The van der Waals surface area contributed by atoms with E-state index in [1.54, 1.807) is 24.3 Å². The minimum Gasteiger partial charge on any atom is -0.495 e. The van der Waals surface area contributed by atoms with Crippen molar-refractivity contribution in [2.75, 3.05) is 25.5 Å². The second-order valence-electron chi connectivity index (χ2n) is 7.06. The summed E-state index contributed by atoms with van der Waals surface area (Å²) in [5, 5.41) is 2.78. The van der Waals surface area contributed by atoms with Crippen LogP contribution in [0.25, 0.3) is 6.08 Å². The number of aryl methyl sites for hydroxylation is 1. The van der Waals surface area contributed by atoms with Crippen LogP contribution in [0.2, 0.25) is 0 Å². The van der Waals surface area contributed by atoms with E-state index in [1.807, 2.05) is 31.2 Å². The van der Waals surface area contributed by atoms with Gasteiger partial charge in [-0.25, -0.2) is 8.42 Å². The van der Waals surface area contributed by atoms with Gasteiger partial charge in [0.25, 0.3) is 0 Å². The van der Waals surface area contributed by atoms with Crippen molar-refractivity contribution in [2.24, 2.45) is 0 Å². The number of amides is 1. The number of methoxy groups -OCH3 is 1. The molecular weight excluding hydrogens is 388 g/mol. The van der Waals surface area contributed by atoms with Crippen LogP contribution in [0.1, 0.15) is 30.4 Å². The molecule has 1 N–H and O–H groups in total. The Balaban J connectivity index is 1.79. The number of ether oxygens (including phenoxy) is 1. The lowest BCUT2D eigenvalue weighted by molar-refractivity contribution is -0.111. The Morgan fingerprint density at radius 1 is 1.07 bits per heavy atom. The number of carbonyl (C=O) groups is 1. The summed E-state index contributed by atoms with van der Waals surface area (Å²) in [6, 6.07) is 12.4. The Morgan fingerprint density at radius 2 is 1.76 bits per heavy atom. The lowest BCUT2D eigenvalue weighted by Crippen LogP contribution is -2.35. The highest BCUT2D eigenvalue weighted by Gasteiger charge is 2.28. The monoisotopic (exact) mass is 414 g/mol. The lowest BCUT2D eigenvalue weighted by atomic mass is 10.2. The molecule has 6 nitrogen and oxygen atoms in total. The molecular formula is C22H26N2O4S. The van der Waals surface area contributed by atoms with Crippen LogP contribution < -0.4 is 10.1 Å². The van der Waals surface area contributed by atoms with Crippen molar-refractivity contribution in [3.8, 4) is 5.75 Å². The first-order valence-corrected chi connectivity index (χ1v) is 11.1. The number of sulfonamides is 1. The highest BCUT2D eigenvalue weighted by molar-refractivity contribution is 7.89. The first kappa shape index (κ1) is 21.1. The summed E-state index contributed by atoms with van der Waals surface area (Å²) in [5.41, 5.74) is 2.42. The van der Waals surface area contributed by atoms with E-state index >= 15 is 0 Å². The molecule has 0 saturated carbocycles. The van der Waals surface area contributed by atoms with Crippen molar-refractivity contribution in [3.63, 3.8) is 0 Å². The van der Waals surface area contributed by atoms with Crippen LogP contribution in [0.5, 0.6) is 5.75 Å². The van der Waals surface area contributed by atoms with E-state index in [9.17, 15) is 13.2 Å². The van der Waals surface area contributed by atoms with Crippen molar-refractivity contribution in [1.82, 2.24) is 4.31 Å². The normalized spacial score (nSPS) is 15.4. The molecule has 1 heterocycles. The SMILES string of the molecule is COc1ccc(C=CC(=O)Nc2ccc(C)cc2)cc1S(=O)(=O)N1CCCCC1. The van der Waals surface area contributed by atoms with Crippen LogP contribution in [0.15, 0.2) is 53.4 Å². The van der Waals surface area contributed by atoms with Gasteiger partial charge in [-0.05, 0) is 55.7 Å². The van der Waals surface area contributed by atoms with Crippen molar-refractivity contribution < 1.29 is 17.9 Å². The minimum absolute atomic E-state index is 0.128. The van der Waals surface area contributed by atoms with Crippen molar-refractivity contribution in [1.29, 1.82) is 0 Å². The highest BCUT2D eigenvalue weighted by Crippen LogP contribution is 2.30. The summed E-state index contributed by atoms with van der Waals surface area (Å²) < 4.78 is 32.9. The fraction of sp³-hybridized carbons (Fsp3) is 0.318. The largest absolute Gasteiger partial charge is 0.495 e. The number of rotatable bonds is 6. The number of nitrogens with zero attached hydrogens (tertiary/aromatic N) is 1. The molecule has 0 aliphatic carbocycles. The van der Waals surface area contributed by atoms with Gasteiger partial charge in [0.2, 0.25) is 15.9 Å². The molecule has 1 saturated heterocycles. The van der Waals surface area contributed by atoms with Gasteiger partial charge in [-0.1, -0.05) is 30.2 Å². The third-order valence-electron chi connectivity index (χ3n) is 4.87. The standard InChI is InChI=1S/C22H26N2O4S/c1-17-6-10-19(11-7-17)23-22(25)13-9-18-8-12-20(28-2)21(16-18)29(26,27)24-14-4-3-5-15-24/h6-13,16H,3-5,14-15H2,1-2H3,(H,23,25). The van der Waals surface area contributed by atoms with Gasteiger partial charge in [-0.2, -0.15) is 4.31 Å². The minimum atomic E-state index is -3.64. The fourth-order valence-corrected chi connectivity index (χ4v) is 4.94. The van der Waals surface area contributed by atoms with Crippen LogP contribution >= 0.6 is 0 Å². The van der Waals surface area contributed by atoms with E-state index in [2.05, 4.69) is 5.32 Å². The maximum Gasteiger partial charge on any atom is 0.248 e. The average molecular weight is 415 g/mol. The predicted molar refractivity (Wildman–Crippen MR) is 114 cm³/mol. The summed E-state index contributed by atoms with van der Waals surface area (Å²) in [4.78, 5) is 12.3. The molecule has 29 heavy (non-hydrogen) atoms. The van der Waals surface area contributed by atoms with Crippen LogP contribution in [0, 0.1) is 6.92 Å². The molecule has 0 aromatic heterocycles. The van der Waals surface area contributed by atoms with Gasteiger partial charge in [0.15, 0.2) is 0 Å². The smallest absolute Gasteiger partial charge is 0.248 e. The maximum atomic E-state index is 13.1. The molecule has 0 atom stereocenters. The second-order valence-corrected chi connectivity index (χ2v) is 8.97. The predicted octanol–water partition coefficient (Wildman–Crippen LogP) is 3.83. The Hall–Kier alpha value is -2.64. The Morgan fingerprint density at radius 3 is 2.41 bits per heavy atom. The summed E-state index contributed by atoms with van der Waals surface area (Å²) in [7, 11) is -2.19. The summed E-state index contributed by atoms with van der Waals surface area (Å²) in [6.07, 6.45) is 5.75. The Kier molecular flexibility index (Phi) is 6.71. The maximum absolute atomic E-state index is 13.1. The number of piperidine rings is 1. The second kappa shape index (κ2) is 9.24. The number of hydrogen-bond donors (Lipinski definition) is 1. The van der Waals surface area contributed by atoms with Crippen LogP contribution in [0.3, 0.4) is 0 Å². The Bertz CT molecular complexity index is 992. The van der Waals surface area contributed by atoms with Crippen LogP contribution in [0.4, 0.5) is 5.69 Å². The fourth-order valence-electron chi connectivity index (χ4n) is 3.24. The van der Waals surface area contributed by atoms with Crippen molar-refractivity contribution in [2.45, 2.75) is 31.1 Å². The molecule has 1 fully saturated rings. The van der Waals surface area contributed by atoms with Gasteiger partial charge >= 0.3 is 0 Å². The summed E-state index contributed by atoms with van der Waals surface area (Å²) >= 11 is 0. The number of nitrogens with one attached hydrogen (secondary N) is 1. The third-order valence-corrected chi connectivity index (χ3v) is 6.79. The molecule has 1 aliphatic rings. The summed E-state index contributed by atoms with van der Waals surface area (Å²) in [5.74, 6) is 0.0157. The van der Waals surface area contributed by atoms with Gasteiger partial charge in [0.1, 0.15) is 10.6 Å². The number of benzene rings is 2. The lowest BCUT2D eigenvalue weighted by Gasteiger charge is -2.26. The van der Waals surface area contributed by atoms with E-state index in [-0.39, 0.29) is 10.8 Å². The van der Waals surface area contributed by atoms with E-state index in [0.717, 1.165) is 24.8 Å². The molecule has 0 radical (unpaired) electrons. The molecule has 3 rings (SSSR count). The van der Waals surface area contributed by atoms with Gasteiger partial charge in [-0.15, -0.1) is 0 Å². The molecule has 2 aromatic rings. The van der Waals surface area contributed by atoms with Crippen LogP contribution in [-0.4, -0.2) is 38.8 Å². The van der Waals surface area contributed by atoms with E-state index in [1.165, 1.54) is 17.5 Å². The molecule has 0 bridgehead atoms. The topological polar surface area (TPSA) is 75.7 Å². The average Bonchev–Trinajstić information content (AvgIpc) is 2.74. The molecule has 1 amide bonds. The molecule has 154 valence electrons. The number of carbonyl (C=O) groups excluding carboxylic acids is 1. The van der Waals surface area contributed by atoms with Gasteiger partial charge in [0.05, 0.1) is 7.11 Å². The molecule has 7 heteroatoms. The highest BCUT2D eigenvalue weighted by atomic mass is 32.2. The van der Waals surface area contributed by atoms with Gasteiger partial charge in [0, 0.05) is 24.9 Å². The zero-order chi connectivity index (χ0) is 20.9. The van der Waals surface area contributed by atoms with E-state index < -0.39 is 10.0 Å². The quantitative estimate of drug-likeness (QED) is 0.729. The first-order chi connectivity index (χ1) is 13.9. The molecule has 1 aliphatic heterocycles. The zero-order valence-electron chi connectivity index (χ0n) is 16.7. The van der Waals surface area contributed by atoms with Crippen molar-refractivity contribution in [3.05, 3.63) is 59.7 Å². The molecule has 0 spiro atoms. The third kappa shape index (κ3) is 5.25. The molecule has 2 aromatic carbocycles.